The summed E-state index contributed by atoms with van der Waals surface area (Å²) >= 11 is 6.42. The summed E-state index contributed by atoms with van der Waals surface area (Å²) in [5.41, 5.74) is -3.70. The number of hydroxylamine groups is 2. The molecule has 0 aromatic heterocycles. The van der Waals surface area contributed by atoms with E-state index in [1.165, 1.54) is 18.2 Å². The van der Waals surface area contributed by atoms with Gasteiger partial charge in [-0.2, -0.15) is 15.6 Å². The van der Waals surface area contributed by atoms with E-state index < -0.39 is 40.5 Å². The Morgan fingerprint density at radius 2 is 1.54 bits per heavy atom. The molecule has 5 rings (SSSR count). The van der Waals surface area contributed by atoms with Crippen LogP contribution in [0, 0.1) is 28.1 Å². The molecule has 1 fully saturated rings. The molecule has 0 saturated carbocycles. The number of ether oxygens (including phenoxy) is 1. The molecule has 9 heteroatoms. The lowest BCUT2D eigenvalue weighted by Gasteiger charge is -2.36. The lowest BCUT2D eigenvalue weighted by Crippen LogP contribution is -2.53. The Hall–Kier alpha value is -4.21. The molecule has 1 N–H and O–H groups in total. The third-order valence-electron chi connectivity index (χ3n) is 7.24. The monoisotopic (exact) mass is 540 g/mol. The number of benzene rings is 3. The number of amides is 2. The number of fused-ring (bicyclic) bond motifs is 2. The van der Waals surface area contributed by atoms with Gasteiger partial charge in [0, 0.05) is 10.6 Å². The highest BCUT2D eigenvalue weighted by Crippen LogP contribution is 2.68. The van der Waals surface area contributed by atoms with Crippen molar-refractivity contribution in [1.29, 1.82) is 10.5 Å². The smallest absolute Gasteiger partial charge is 0.421 e. The van der Waals surface area contributed by atoms with Gasteiger partial charge in [-0.25, -0.2) is 9.69 Å². The molecule has 1 spiro atoms. The first-order chi connectivity index (χ1) is 18.5. The molecule has 2 aliphatic rings. The van der Waals surface area contributed by atoms with E-state index >= 15 is 0 Å². The molecule has 39 heavy (non-hydrogen) atoms. The maximum Gasteiger partial charge on any atom is 0.421 e. The number of nitrogens with zero attached hydrogens (tertiary/aromatic N) is 4. The molecule has 3 atom stereocenters. The van der Waals surface area contributed by atoms with Gasteiger partial charge in [0.1, 0.15) is 5.60 Å². The molecular weight excluding hydrogens is 516 g/mol. The number of rotatable bonds is 2. The van der Waals surface area contributed by atoms with Crippen molar-refractivity contribution in [3.8, 4) is 12.1 Å². The fourth-order valence-corrected chi connectivity index (χ4v) is 6.05. The van der Waals surface area contributed by atoms with Gasteiger partial charge in [-0.05, 0) is 50.1 Å². The van der Waals surface area contributed by atoms with Crippen LogP contribution in [0.15, 0.2) is 78.9 Å². The zero-order chi connectivity index (χ0) is 28.2. The number of imide groups is 1. The lowest BCUT2D eigenvalue weighted by atomic mass is 9.63. The minimum atomic E-state index is -2.07. The van der Waals surface area contributed by atoms with Gasteiger partial charge in [0.2, 0.25) is 0 Å². The Morgan fingerprint density at radius 3 is 2.08 bits per heavy atom. The molecule has 2 amide bonds. The summed E-state index contributed by atoms with van der Waals surface area (Å²) in [6.07, 6.45) is -0.948. The number of hydrogen-bond donors (Lipinski definition) is 1. The number of carbonyl (C=O) groups excluding carboxylic acids is 2. The average Bonchev–Trinajstić information content (AvgIpc) is 3.30. The van der Waals surface area contributed by atoms with E-state index in [1.54, 1.807) is 81.4 Å². The van der Waals surface area contributed by atoms with Gasteiger partial charge in [0.25, 0.3) is 5.91 Å². The average molecular weight is 541 g/mol. The summed E-state index contributed by atoms with van der Waals surface area (Å²) < 4.78 is 5.58. The van der Waals surface area contributed by atoms with E-state index in [2.05, 4.69) is 12.1 Å². The van der Waals surface area contributed by atoms with Crippen molar-refractivity contribution in [3.05, 3.63) is 101 Å². The Balaban J connectivity index is 1.88. The summed E-state index contributed by atoms with van der Waals surface area (Å²) in [7, 11) is 0. The number of anilines is 1. The molecule has 0 unspecified atom stereocenters. The van der Waals surface area contributed by atoms with Crippen LogP contribution in [0.25, 0.3) is 0 Å². The topological polar surface area (TPSA) is 118 Å². The maximum absolute atomic E-state index is 14.7. The number of carbonyl (C=O) groups is 2. The van der Waals surface area contributed by atoms with Crippen LogP contribution in [-0.2, 0) is 15.1 Å². The molecule has 8 nitrogen and oxygen atoms in total. The van der Waals surface area contributed by atoms with Gasteiger partial charge in [-0.15, -0.1) is 0 Å². The Kier molecular flexibility index (Phi) is 6.24. The molecule has 2 heterocycles. The first kappa shape index (κ1) is 26.4. The SMILES string of the molecule is CC(C)(C)OC(=O)N1C(=O)[C@]2(c3cc(Cl)ccc31)[C@H](c1ccccc1)C(C#N)(C#N)[C@@H](c1ccccc1)N2O. The number of nitriles is 2. The van der Waals surface area contributed by atoms with E-state index in [0.717, 1.165) is 9.96 Å². The summed E-state index contributed by atoms with van der Waals surface area (Å²) in [6.45, 7) is 5.02. The molecular formula is C30H25ClN4O4. The van der Waals surface area contributed by atoms with Crippen LogP contribution in [0.5, 0.6) is 0 Å². The molecule has 196 valence electrons. The Labute approximate surface area is 231 Å². The van der Waals surface area contributed by atoms with Crippen LogP contribution >= 0.6 is 11.6 Å². The normalized spacial score (nSPS) is 23.8. The third kappa shape index (κ3) is 3.72. The standard InChI is InChI=1S/C30H25ClN4O4/c1-28(2,3)39-27(37)34-23-15-14-21(31)16-22(23)30(26(34)36)24(19-10-6-4-7-11-19)29(17-32,18-33)25(35(30)38)20-12-8-5-9-13-20/h4-16,24-25,38H,1-3H3/t24-,25-,30+/m1/s1. The highest BCUT2D eigenvalue weighted by Gasteiger charge is 2.76. The third-order valence-corrected chi connectivity index (χ3v) is 7.48. The second-order valence-electron chi connectivity index (χ2n) is 10.6. The van der Waals surface area contributed by atoms with E-state index in [4.69, 9.17) is 16.3 Å². The predicted molar refractivity (Wildman–Crippen MR) is 143 cm³/mol. The van der Waals surface area contributed by atoms with Crippen LogP contribution in [0.1, 0.15) is 49.4 Å². The molecule has 3 aromatic carbocycles. The van der Waals surface area contributed by atoms with E-state index in [0.29, 0.717) is 11.1 Å². The number of halogens is 1. The molecule has 0 radical (unpaired) electrons. The first-order valence-corrected chi connectivity index (χ1v) is 12.7. The summed E-state index contributed by atoms with van der Waals surface area (Å²) in [5.74, 6) is -2.08. The molecule has 2 aliphatic heterocycles. The molecule has 1 saturated heterocycles. The first-order valence-electron chi connectivity index (χ1n) is 12.3. The zero-order valence-electron chi connectivity index (χ0n) is 21.5. The van der Waals surface area contributed by atoms with Crippen molar-refractivity contribution in [3.63, 3.8) is 0 Å². The fourth-order valence-electron chi connectivity index (χ4n) is 5.87. The van der Waals surface area contributed by atoms with Crippen LogP contribution in [0.4, 0.5) is 10.5 Å². The highest BCUT2D eigenvalue weighted by molar-refractivity contribution is 6.31. The van der Waals surface area contributed by atoms with Crippen LogP contribution in [-0.4, -0.2) is 27.9 Å². The van der Waals surface area contributed by atoms with E-state index in [-0.39, 0.29) is 16.3 Å². The Morgan fingerprint density at radius 1 is 0.974 bits per heavy atom. The fraction of sp³-hybridized carbons (Fsp3) is 0.267. The van der Waals surface area contributed by atoms with Crippen LogP contribution in [0.2, 0.25) is 5.02 Å². The van der Waals surface area contributed by atoms with Crippen molar-refractivity contribution in [2.75, 3.05) is 4.90 Å². The van der Waals surface area contributed by atoms with E-state index in [9.17, 15) is 25.3 Å². The van der Waals surface area contributed by atoms with Crippen molar-refractivity contribution in [1.82, 2.24) is 5.06 Å². The van der Waals surface area contributed by atoms with Crippen molar-refractivity contribution in [2.24, 2.45) is 5.41 Å². The summed E-state index contributed by atoms with van der Waals surface area (Å²) in [6, 6.07) is 24.8. The highest BCUT2D eigenvalue weighted by atomic mass is 35.5. The van der Waals surface area contributed by atoms with Gasteiger partial charge in [-0.3, -0.25) is 4.79 Å². The zero-order valence-corrected chi connectivity index (χ0v) is 22.3. The maximum atomic E-state index is 14.7. The second kappa shape index (κ2) is 9.21. The lowest BCUT2D eigenvalue weighted by molar-refractivity contribution is -0.189. The van der Waals surface area contributed by atoms with Crippen LogP contribution in [0.3, 0.4) is 0 Å². The molecule has 0 aliphatic carbocycles. The van der Waals surface area contributed by atoms with Crippen molar-refractivity contribution >= 4 is 29.3 Å². The second-order valence-corrected chi connectivity index (χ2v) is 11.1. The van der Waals surface area contributed by atoms with E-state index in [1.807, 2.05) is 0 Å². The van der Waals surface area contributed by atoms with Gasteiger partial charge >= 0.3 is 6.09 Å². The van der Waals surface area contributed by atoms with Crippen molar-refractivity contribution in [2.45, 2.75) is 43.9 Å². The van der Waals surface area contributed by atoms with Crippen LogP contribution < -0.4 is 4.90 Å². The van der Waals surface area contributed by atoms with Gasteiger partial charge < -0.3 is 9.94 Å². The summed E-state index contributed by atoms with van der Waals surface area (Å²) in [5, 5.41) is 34.6. The minimum absolute atomic E-state index is 0.150. The van der Waals surface area contributed by atoms with Gasteiger partial charge in [-0.1, -0.05) is 72.3 Å². The van der Waals surface area contributed by atoms with Gasteiger partial charge in [0.05, 0.1) is 29.8 Å². The van der Waals surface area contributed by atoms with Gasteiger partial charge in [0.15, 0.2) is 11.0 Å². The number of hydrogen-bond acceptors (Lipinski definition) is 7. The predicted octanol–water partition coefficient (Wildman–Crippen LogP) is 6.08. The summed E-state index contributed by atoms with van der Waals surface area (Å²) in [4.78, 5) is 29.0. The largest absolute Gasteiger partial charge is 0.443 e. The Bertz CT molecular complexity index is 1530. The molecule has 0 bridgehead atoms. The molecule has 3 aromatic rings. The minimum Gasteiger partial charge on any atom is -0.443 e. The van der Waals surface area contributed by atoms with Crippen molar-refractivity contribution < 1.29 is 19.5 Å². The quantitative estimate of drug-likeness (QED) is 0.418.